The third-order valence-electron chi connectivity index (χ3n) is 2.66. The van der Waals surface area contributed by atoms with E-state index >= 15 is 0 Å². The molecule has 0 aromatic heterocycles. The van der Waals surface area contributed by atoms with Crippen LogP contribution in [0.5, 0.6) is 0 Å². The van der Waals surface area contributed by atoms with Gasteiger partial charge in [-0.05, 0) is 13.3 Å². The van der Waals surface area contributed by atoms with Gasteiger partial charge in [-0.2, -0.15) is 0 Å². The number of sulfone groups is 1. The van der Waals surface area contributed by atoms with Crippen LogP contribution < -0.4 is 11.1 Å². The highest BCUT2D eigenvalue weighted by molar-refractivity contribution is 7.91. The van der Waals surface area contributed by atoms with E-state index in [0.29, 0.717) is 5.96 Å². The summed E-state index contributed by atoms with van der Waals surface area (Å²) in [4.78, 5) is 4.10. The van der Waals surface area contributed by atoms with E-state index in [1.165, 1.54) is 0 Å². The molecule has 1 heterocycles. The first-order chi connectivity index (χ1) is 7.93. The highest BCUT2D eigenvalue weighted by Gasteiger charge is 2.25. The van der Waals surface area contributed by atoms with Gasteiger partial charge in [0, 0.05) is 6.04 Å². The molecule has 0 spiro atoms. The molecule has 0 radical (unpaired) electrons. The maximum Gasteiger partial charge on any atom is 0.188 e. The van der Waals surface area contributed by atoms with Crippen molar-refractivity contribution in [3.8, 4) is 0 Å². The molecule has 0 aromatic rings. The molecule has 0 bridgehead atoms. The number of nitrogens with one attached hydrogen (secondary N) is 1. The monoisotopic (exact) mass is 263 g/mol. The van der Waals surface area contributed by atoms with Gasteiger partial charge < -0.3 is 15.8 Å². The number of nitrogens with zero attached hydrogens (tertiary/aromatic N) is 1. The minimum absolute atomic E-state index is 0.0348. The average molecular weight is 263 g/mol. The highest BCUT2D eigenvalue weighted by atomic mass is 32.2. The molecule has 0 aliphatic carbocycles. The number of hydrogen-bond donors (Lipinski definition) is 2. The fourth-order valence-electron chi connectivity index (χ4n) is 1.46. The lowest BCUT2D eigenvalue weighted by Crippen LogP contribution is -2.40. The molecule has 7 heteroatoms. The number of guanidine groups is 1. The zero-order chi connectivity index (χ0) is 12.9. The summed E-state index contributed by atoms with van der Waals surface area (Å²) in [5.41, 5.74) is 5.67. The Bertz CT molecular complexity index is 367. The molecular formula is C10H21N3O3S. The summed E-state index contributed by atoms with van der Waals surface area (Å²) in [5, 5.41) is 3.01. The molecular weight excluding hydrogens is 242 g/mol. The molecule has 1 aliphatic heterocycles. The second kappa shape index (κ2) is 6.20. The molecule has 1 rings (SSSR count). The van der Waals surface area contributed by atoms with Gasteiger partial charge in [-0.1, -0.05) is 6.92 Å². The summed E-state index contributed by atoms with van der Waals surface area (Å²) >= 11 is 0. The summed E-state index contributed by atoms with van der Waals surface area (Å²) in [5.74, 6) is 0.479. The van der Waals surface area contributed by atoms with Crippen LogP contribution in [0.15, 0.2) is 4.99 Å². The minimum Gasteiger partial charge on any atom is -0.374 e. The smallest absolute Gasteiger partial charge is 0.188 e. The Morgan fingerprint density at radius 3 is 2.94 bits per heavy atom. The molecule has 2 unspecified atom stereocenters. The van der Waals surface area contributed by atoms with Crippen molar-refractivity contribution in [2.75, 3.05) is 24.7 Å². The molecule has 0 aromatic carbocycles. The van der Waals surface area contributed by atoms with Crippen molar-refractivity contribution in [2.24, 2.45) is 10.7 Å². The molecule has 17 heavy (non-hydrogen) atoms. The predicted octanol–water partition coefficient (Wildman–Crippen LogP) is -0.497. The van der Waals surface area contributed by atoms with E-state index in [1.807, 2.05) is 13.8 Å². The molecule has 3 N–H and O–H groups in total. The van der Waals surface area contributed by atoms with E-state index < -0.39 is 9.84 Å². The van der Waals surface area contributed by atoms with Gasteiger partial charge in [0.05, 0.1) is 30.8 Å². The molecule has 1 saturated heterocycles. The van der Waals surface area contributed by atoms with Gasteiger partial charge in [0.1, 0.15) is 0 Å². The first kappa shape index (κ1) is 14.2. The SMILES string of the molecule is CCC(C)NC(N)=NCC1CS(=O)(=O)CCO1. The van der Waals surface area contributed by atoms with E-state index in [9.17, 15) is 8.42 Å². The summed E-state index contributed by atoms with van der Waals surface area (Å²) in [6.45, 7) is 4.58. The van der Waals surface area contributed by atoms with Crippen LogP contribution in [0.1, 0.15) is 20.3 Å². The zero-order valence-corrected chi connectivity index (χ0v) is 11.2. The van der Waals surface area contributed by atoms with Crippen molar-refractivity contribution in [1.82, 2.24) is 5.32 Å². The van der Waals surface area contributed by atoms with Gasteiger partial charge in [-0.25, -0.2) is 8.42 Å². The van der Waals surface area contributed by atoms with E-state index in [0.717, 1.165) is 6.42 Å². The van der Waals surface area contributed by atoms with E-state index in [-0.39, 0.29) is 36.8 Å². The van der Waals surface area contributed by atoms with Crippen molar-refractivity contribution >= 4 is 15.8 Å². The van der Waals surface area contributed by atoms with Crippen LogP contribution in [0.4, 0.5) is 0 Å². The lowest BCUT2D eigenvalue weighted by Gasteiger charge is -2.21. The molecule has 0 saturated carbocycles. The lowest BCUT2D eigenvalue weighted by atomic mass is 10.3. The fraction of sp³-hybridized carbons (Fsp3) is 0.900. The molecule has 0 amide bonds. The molecule has 2 atom stereocenters. The maximum atomic E-state index is 11.4. The maximum absolute atomic E-state index is 11.4. The van der Waals surface area contributed by atoms with E-state index in [2.05, 4.69) is 10.3 Å². The Kier molecular flexibility index (Phi) is 5.20. The molecule has 100 valence electrons. The van der Waals surface area contributed by atoms with Crippen LogP contribution in [-0.2, 0) is 14.6 Å². The summed E-state index contributed by atoms with van der Waals surface area (Å²) < 4.78 is 28.0. The third-order valence-corrected chi connectivity index (χ3v) is 4.33. The van der Waals surface area contributed by atoms with Crippen LogP contribution in [0.3, 0.4) is 0 Å². The lowest BCUT2D eigenvalue weighted by molar-refractivity contribution is 0.0782. The van der Waals surface area contributed by atoms with Crippen molar-refractivity contribution < 1.29 is 13.2 Å². The summed E-state index contributed by atoms with van der Waals surface area (Å²) in [6.07, 6.45) is 0.580. The minimum atomic E-state index is -2.96. The topological polar surface area (TPSA) is 93.8 Å². The number of ether oxygens (including phenoxy) is 1. The Balaban J connectivity index is 2.41. The number of hydrogen-bond acceptors (Lipinski definition) is 4. The number of rotatable bonds is 4. The van der Waals surface area contributed by atoms with Gasteiger partial charge in [-0.3, -0.25) is 4.99 Å². The van der Waals surface area contributed by atoms with Crippen LogP contribution in [0.25, 0.3) is 0 Å². The van der Waals surface area contributed by atoms with E-state index in [4.69, 9.17) is 10.5 Å². The van der Waals surface area contributed by atoms with Gasteiger partial charge in [0.15, 0.2) is 15.8 Å². The molecule has 6 nitrogen and oxygen atoms in total. The Morgan fingerprint density at radius 1 is 1.65 bits per heavy atom. The molecule has 1 aliphatic rings. The van der Waals surface area contributed by atoms with Crippen LogP contribution >= 0.6 is 0 Å². The second-order valence-corrected chi connectivity index (χ2v) is 6.52. The van der Waals surface area contributed by atoms with Gasteiger partial charge in [-0.15, -0.1) is 0 Å². The first-order valence-electron chi connectivity index (χ1n) is 5.81. The van der Waals surface area contributed by atoms with Crippen molar-refractivity contribution in [3.63, 3.8) is 0 Å². The summed E-state index contributed by atoms with van der Waals surface area (Å²) in [6, 6.07) is 0.259. The normalized spacial score (nSPS) is 26.5. The Morgan fingerprint density at radius 2 is 2.35 bits per heavy atom. The van der Waals surface area contributed by atoms with Crippen molar-refractivity contribution in [3.05, 3.63) is 0 Å². The van der Waals surface area contributed by atoms with Gasteiger partial charge in [0.25, 0.3) is 0 Å². The Hall–Kier alpha value is -0.820. The standard InChI is InChI=1S/C10H21N3O3S/c1-3-8(2)13-10(11)12-6-9-7-17(14,15)5-4-16-9/h8-9H,3-7H2,1-2H3,(H3,11,12,13). The van der Waals surface area contributed by atoms with Crippen LogP contribution in [-0.4, -0.2) is 51.2 Å². The summed E-state index contributed by atoms with van der Waals surface area (Å²) in [7, 11) is -2.96. The van der Waals surface area contributed by atoms with Gasteiger partial charge >= 0.3 is 0 Å². The largest absolute Gasteiger partial charge is 0.374 e. The van der Waals surface area contributed by atoms with Crippen LogP contribution in [0, 0.1) is 0 Å². The Labute approximate surface area is 103 Å². The third kappa shape index (κ3) is 5.36. The number of nitrogens with two attached hydrogens (primary N) is 1. The number of aliphatic imine (C=N–C) groups is 1. The van der Waals surface area contributed by atoms with Crippen LogP contribution in [0.2, 0.25) is 0 Å². The van der Waals surface area contributed by atoms with Gasteiger partial charge in [0.2, 0.25) is 0 Å². The quantitative estimate of drug-likeness (QED) is 0.527. The predicted molar refractivity (Wildman–Crippen MR) is 67.8 cm³/mol. The molecule has 1 fully saturated rings. The van der Waals surface area contributed by atoms with Crippen molar-refractivity contribution in [2.45, 2.75) is 32.4 Å². The fourth-order valence-corrected chi connectivity index (χ4v) is 2.75. The van der Waals surface area contributed by atoms with E-state index in [1.54, 1.807) is 0 Å². The van der Waals surface area contributed by atoms with Crippen molar-refractivity contribution in [1.29, 1.82) is 0 Å². The highest BCUT2D eigenvalue weighted by Crippen LogP contribution is 2.07. The first-order valence-corrected chi connectivity index (χ1v) is 7.63. The average Bonchev–Trinajstić information content (AvgIpc) is 2.25. The zero-order valence-electron chi connectivity index (χ0n) is 10.3. The second-order valence-electron chi connectivity index (χ2n) is 4.29.